The number of nitrogens with one attached hydrogen (secondary N) is 2. The van der Waals surface area contributed by atoms with Crippen LogP contribution in [0.5, 0.6) is 11.5 Å². The Kier molecular flexibility index (Phi) is 8.87. The van der Waals surface area contributed by atoms with Crippen molar-refractivity contribution in [2.75, 3.05) is 37.6 Å². The second-order valence-electron chi connectivity index (χ2n) is 15.1. The fourth-order valence-corrected chi connectivity index (χ4v) is 8.89. The van der Waals surface area contributed by atoms with Gasteiger partial charge in [0, 0.05) is 77.2 Å². The van der Waals surface area contributed by atoms with Crippen LogP contribution in [-0.4, -0.2) is 96.1 Å². The summed E-state index contributed by atoms with van der Waals surface area (Å²) in [7, 11) is 1.89. The number of ether oxygens (including phenoxy) is 1. The molecule has 2 unspecified atom stereocenters. The van der Waals surface area contributed by atoms with Crippen LogP contribution in [0.4, 0.5) is 5.69 Å². The van der Waals surface area contributed by atoms with E-state index in [0.29, 0.717) is 64.4 Å². The van der Waals surface area contributed by atoms with Crippen molar-refractivity contribution < 1.29 is 14.3 Å². The second kappa shape index (κ2) is 13.9. The number of imide groups is 1. The molecule has 2 N–H and O–H groups in total. The number of aryl methyl sites for hydroxylation is 2. The van der Waals surface area contributed by atoms with Crippen LogP contribution < -0.4 is 15.0 Å². The highest BCUT2D eigenvalue weighted by atomic mass is 35.5. The Balaban J connectivity index is 0.766. The maximum atomic E-state index is 12.4. The molecule has 5 fully saturated rings. The number of rotatable bonds is 9. The van der Waals surface area contributed by atoms with Crippen LogP contribution in [0.15, 0.2) is 55.1 Å². The summed E-state index contributed by atoms with van der Waals surface area (Å²) in [6.07, 6.45) is 11.7. The largest absolute Gasteiger partial charge is 0.453 e. The van der Waals surface area contributed by atoms with Crippen LogP contribution in [0.25, 0.3) is 22.6 Å². The molecule has 3 atom stereocenters. The number of hydrogen-bond acceptors (Lipinski definition) is 10. The highest BCUT2D eigenvalue weighted by Crippen LogP contribution is 2.38. The molecule has 10 rings (SSSR count). The molecular weight excluding hydrogens is 692 g/mol. The van der Waals surface area contributed by atoms with Gasteiger partial charge in [0.05, 0.1) is 35.3 Å². The highest BCUT2D eigenvalue weighted by molar-refractivity contribution is 6.32. The summed E-state index contributed by atoms with van der Waals surface area (Å²) >= 11 is 6.58. The predicted octanol–water partition coefficient (Wildman–Crippen LogP) is 5.20. The molecule has 4 aromatic heterocycles. The van der Waals surface area contributed by atoms with Crippen molar-refractivity contribution in [3.05, 3.63) is 77.0 Å². The lowest BCUT2D eigenvalue weighted by molar-refractivity contribution is -0.134. The predicted molar refractivity (Wildman–Crippen MR) is 201 cm³/mol. The number of nitrogens with zero attached hydrogens (tertiary/aromatic N) is 8. The minimum Gasteiger partial charge on any atom is -0.453 e. The number of carbonyl (C=O) groups excluding carboxylic acids is 2. The quantitative estimate of drug-likeness (QED) is 0.195. The maximum absolute atomic E-state index is 12.4. The van der Waals surface area contributed by atoms with Gasteiger partial charge in [0.2, 0.25) is 11.8 Å². The Hall–Kier alpha value is -4.85. The molecule has 0 spiro atoms. The molecule has 5 aromatic rings. The molecule has 9 heterocycles. The lowest BCUT2D eigenvalue weighted by Gasteiger charge is -2.57. The maximum Gasteiger partial charge on any atom is 0.234 e. The van der Waals surface area contributed by atoms with E-state index in [2.05, 4.69) is 63.3 Å². The normalized spacial score (nSPS) is 22.6. The number of piperazine rings is 1. The van der Waals surface area contributed by atoms with E-state index < -0.39 is 0 Å². The summed E-state index contributed by atoms with van der Waals surface area (Å²) in [6, 6.07) is 11.6. The molecule has 0 aliphatic carbocycles. The van der Waals surface area contributed by atoms with Gasteiger partial charge >= 0.3 is 0 Å². The number of aromatic amines is 1. The van der Waals surface area contributed by atoms with Crippen molar-refractivity contribution in [1.29, 1.82) is 0 Å². The van der Waals surface area contributed by atoms with Gasteiger partial charge in [0.1, 0.15) is 22.1 Å². The summed E-state index contributed by atoms with van der Waals surface area (Å²) < 4.78 is 8.08. The average Bonchev–Trinajstić information content (AvgIpc) is 3.74. The van der Waals surface area contributed by atoms with E-state index >= 15 is 0 Å². The van der Waals surface area contributed by atoms with Gasteiger partial charge in [-0.1, -0.05) is 23.7 Å². The summed E-state index contributed by atoms with van der Waals surface area (Å²) in [4.78, 5) is 48.7. The summed E-state index contributed by atoms with van der Waals surface area (Å²) in [5.41, 5.74) is 6.19. The highest BCUT2D eigenvalue weighted by Gasteiger charge is 2.45. The number of hydrogen-bond donors (Lipinski definition) is 2. The number of aromatic nitrogens is 6. The van der Waals surface area contributed by atoms with Crippen molar-refractivity contribution in [2.45, 2.75) is 63.6 Å². The van der Waals surface area contributed by atoms with Crippen molar-refractivity contribution in [3.63, 3.8) is 0 Å². The van der Waals surface area contributed by atoms with Gasteiger partial charge < -0.3 is 14.6 Å². The first kappa shape index (κ1) is 34.0. The third-order valence-corrected chi connectivity index (χ3v) is 11.8. The summed E-state index contributed by atoms with van der Waals surface area (Å²) in [5, 5.41) is 7.32. The minimum absolute atomic E-state index is 0.189. The average molecular weight is 735 g/mol. The number of amides is 2. The van der Waals surface area contributed by atoms with Crippen LogP contribution in [0.1, 0.15) is 54.8 Å². The number of piperidine rings is 3. The second-order valence-corrected chi connectivity index (χ2v) is 15.5. The van der Waals surface area contributed by atoms with Crippen molar-refractivity contribution in [1.82, 2.24) is 44.8 Å². The number of imidazole rings is 1. The number of fused-ring (bicyclic) bond motifs is 3. The lowest BCUT2D eigenvalue weighted by Crippen LogP contribution is -2.69. The fourth-order valence-electron chi connectivity index (χ4n) is 8.70. The molecule has 5 aliphatic heterocycles. The van der Waals surface area contributed by atoms with Crippen molar-refractivity contribution in [2.24, 2.45) is 13.0 Å². The standard InChI is InChI=1S/C39H43ClN10O3/c1-23-32(22-47(2)46-23)37-44-35-36(33(40)17-42-38(35)45-37)53-30-5-3-24(4-6-30)18-48-20-28-14-29(21-48)50(28)19-25-9-11-49(12-10-25)27-13-26(15-41-16-27)31-7-8-34(51)43-39(31)52/h3-6,13,15-17,22,25,28-29,31H,7-12,14,18-21H2,1-2H3,(H,42,44,45)(H,43,51,52)/t28?,29?,31-/m1/s1. The fraction of sp³-hybridized carbons (Fsp3) is 0.436. The number of carbonyl (C=O) groups is 2. The molecule has 5 saturated heterocycles. The van der Waals surface area contributed by atoms with Gasteiger partial charge in [-0.05, 0) is 67.9 Å². The van der Waals surface area contributed by atoms with Crippen LogP contribution in [0.3, 0.4) is 0 Å². The van der Waals surface area contributed by atoms with E-state index in [1.54, 1.807) is 17.1 Å². The molecule has 0 radical (unpaired) electrons. The molecule has 274 valence electrons. The molecule has 5 aliphatic rings. The van der Waals surface area contributed by atoms with Gasteiger partial charge in [-0.3, -0.25) is 34.4 Å². The van der Waals surface area contributed by atoms with E-state index in [4.69, 9.17) is 16.3 Å². The van der Waals surface area contributed by atoms with Gasteiger partial charge in [-0.2, -0.15) is 5.10 Å². The molecule has 13 nitrogen and oxygen atoms in total. The van der Waals surface area contributed by atoms with E-state index in [-0.39, 0.29) is 17.7 Å². The summed E-state index contributed by atoms with van der Waals surface area (Å²) in [5.74, 6) is 1.86. The Morgan fingerprint density at radius 1 is 1.02 bits per heavy atom. The molecular formula is C39H43ClN10O3. The number of benzene rings is 1. The minimum atomic E-state index is -0.305. The van der Waals surface area contributed by atoms with Crippen LogP contribution in [0, 0.1) is 12.8 Å². The smallest absolute Gasteiger partial charge is 0.234 e. The van der Waals surface area contributed by atoms with E-state index in [1.807, 2.05) is 38.5 Å². The SMILES string of the molecule is Cc1nn(C)cc1-c1nc2ncc(Cl)c(Oc3ccc(CN4CC5CC(C4)N5CC4CCN(c5cncc([C@H]6CCC(=O)NC6=O)c5)CC4)cc3)c2[nH]1. The van der Waals surface area contributed by atoms with Gasteiger partial charge in [0.15, 0.2) is 11.4 Å². The third-order valence-electron chi connectivity index (χ3n) is 11.5. The number of H-pyrrole nitrogens is 1. The van der Waals surface area contributed by atoms with Gasteiger partial charge in [-0.25, -0.2) is 9.97 Å². The zero-order chi connectivity index (χ0) is 36.2. The van der Waals surface area contributed by atoms with E-state index in [0.717, 1.165) is 68.1 Å². The molecule has 14 heteroatoms. The number of halogens is 1. The molecule has 0 saturated carbocycles. The van der Waals surface area contributed by atoms with Gasteiger partial charge in [0.25, 0.3) is 0 Å². The Morgan fingerprint density at radius 3 is 2.55 bits per heavy atom. The molecule has 2 bridgehead atoms. The first-order valence-electron chi connectivity index (χ1n) is 18.6. The van der Waals surface area contributed by atoms with Crippen molar-refractivity contribution in [3.8, 4) is 22.9 Å². The molecule has 1 aromatic carbocycles. The van der Waals surface area contributed by atoms with E-state index in [1.165, 1.54) is 18.5 Å². The van der Waals surface area contributed by atoms with Crippen LogP contribution >= 0.6 is 11.6 Å². The van der Waals surface area contributed by atoms with Crippen LogP contribution in [0.2, 0.25) is 5.02 Å². The van der Waals surface area contributed by atoms with E-state index in [9.17, 15) is 9.59 Å². The number of anilines is 1. The monoisotopic (exact) mass is 734 g/mol. The number of pyridine rings is 2. The Bertz CT molecular complexity index is 2160. The lowest BCUT2D eigenvalue weighted by atomic mass is 9.84. The third kappa shape index (κ3) is 6.77. The van der Waals surface area contributed by atoms with Crippen molar-refractivity contribution >= 4 is 40.3 Å². The van der Waals surface area contributed by atoms with Crippen LogP contribution in [-0.2, 0) is 23.2 Å². The van der Waals surface area contributed by atoms with Gasteiger partial charge in [-0.15, -0.1) is 0 Å². The molecule has 2 amide bonds. The molecule has 53 heavy (non-hydrogen) atoms. The zero-order valence-electron chi connectivity index (χ0n) is 30.0. The first-order valence-corrected chi connectivity index (χ1v) is 18.9. The topological polar surface area (TPSA) is 137 Å². The Morgan fingerprint density at radius 2 is 1.81 bits per heavy atom. The summed E-state index contributed by atoms with van der Waals surface area (Å²) in [6.45, 7) is 8.21. The first-order chi connectivity index (χ1) is 25.7. The zero-order valence-corrected chi connectivity index (χ0v) is 30.7. The Labute approximate surface area is 312 Å².